The number of phenolic OH excluding ortho intramolecular Hbond substituents is 1. The summed E-state index contributed by atoms with van der Waals surface area (Å²) in [5.41, 5.74) is 0.908. The van der Waals surface area contributed by atoms with Crippen LogP contribution in [-0.2, 0) is 20.7 Å². The molecule has 0 aromatic heterocycles. The maximum Gasteiger partial charge on any atom is 0.309 e. The van der Waals surface area contributed by atoms with Gasteiger partial charge in [0, 0.05) is 19.5 Å². The molecule has 0 saturated carbocycles. The average molecular weight is 333 g/mol. The minimum absolute atomic E-state index is 0.0266. The van der Waals surface area contributed by atoms with Crippen molar-refractivity contribution in [2.45, 2.75) is 39.5 Å². The zero-order valence-electron chi connectivity index (χ0n) is 14.5. The zero-order chi connectivity index (χ0) is 17.5. The number of amides is 1. The summed E-state index contributed by atoms with van der Waals surface area (Å²) in [6, 6.07) is 6.72. The highest BCUT2D eigenvalue weighted by atomic mass is 16.5. The van der Waals surface area contributed by atoms with Crippen LogP contribution in [0.4, 0.5) is 0 Å². The Morgan fingerprint density at radius 3 is 2.46 bits per heavy atom. The number of rotatable bonds is 6. The lowest BCUT2D eigenvalue weighted by atomic mass is 9.94. The first kappa shape index (κ1) is 18.3. The third-order valence-corrected chi connectivity index (χ3v) is 4.60. The smallest absolute Gasteiger partial charge is 0.309 e. The maximum atomic E-state index is 12.5. The molecule has 0 bridgehead atoms. The van der Waals surface area contributed by atoms with Crippen LogP contribution in [0.15, 0.2) is 24.3 Å². The Labute approximate surface area is 143 Å². The van der Waals surface area contributed by atoms with Gasteiger partial charge in [-0.15, -0.1) is 0 Å². The van der Waals surface area contributed by atoms with E-state index in [9.17, 15) is 14.7 Å². The topological polar surface area (TPSA) is 66.8 Å². The number of benzene rings is 1. The van der Waals surface area contributed by atoms with Crippen LogP contribution in [0.1, 0.15) is 38.7 Å². The Hall–Kier alpha value is -2.04. The van der Waals surface area contributed by atoms with E-state index in [0.29, 0.717) is 18.9 Å². The molecule has 1 amide bonds. The Morgan fingerprint density at radius 1 is 1.25 bits per heavy atom. The summed E-state index contributed by atoms with van der Waals surface area (Å²) < 4.78 is 5.15. The maximum absolute atomic E-state index is 12.5. The number of carbonyl (C=O) groups excluding carboxylic acids is 2. The number of nitrogens with zero attached hydrogens (tertiary/aromatic N) is 1. The average Bonchev–Trinajstić information content (AvgIpc) is 2.57. The molecule has 1 fully saturated rings. The Bertz CT molecular complexity index is 547. The Kier molecular flexibility index (Phi) is 6.64. The first-order valence-electron chi connectivity index (χ1n) is 8.72. The van der Waals surface area contributed by atoms with Crippen LogP contribution in [0, 0.1) is 11.8 Å². The van der Waals surface area contributed by atoms with Gasteiger partial charge < -0.3 is 14.7 Å². The van der Waals surface area contributed by atoms with E-state index in [1.165, 1.54) is 0 Å². The summed E-state index contributed by atoms with van der Waals surface area (Å²) >= 11 is 0. The van der Waals surface area contributed by atoms with Gasteiger partial charge >= 0.3 is 5.97 Å². The van der Waals surface area contributed by atoms with Crippen molar-refractivity contribution in [3.8, 4) is 5.75 Å². The number of carbonyl (C=O) groups is 2. The van der Waals surface area contributed by atoms with Crippen LogP contribution in [-0.4, -0.2) is 41.6 Å². The quantitative estimate of drug-likeness (QED) is 0.813. The molecule has 1 saturated heterocycles. The lowest BCUT2D eigenvalue weighted by Crippen LogP contribution is -2.39. The van der Waals surface area contributed by atoms with Crippen molar-refractivity contribution in [3.63, 3.8) is 0 Å². The zero-order valence-corrected chi connectivity index (χ0v) is 14.5. The summed E-state index contributed by atoms with van der Waals surface area (Å²) in [7, 11) is 0. The van der Waals surface area contributed by atoms with Crippen LogP contribution in [0.5, 0.6) is 5.75 Å². The molecule has 2 rings (SSSR count). The molecule has 24 heavy (non-hydrogen) atoms. The molecule has 0 radical (unpaired) electrons. The van der Waals surface area contributed by atoms with Crippen molar-refractivity contribution >= 4 is 11.9 Å². The van der Waals surface area contributed by atoms with Crippen LogP contribution in [0.3, 0.4) is 0 Å². The first-order chi connectivity index (χ1) is 11.5. The van der Waals surface area contributed by atoms with Crippen molar-refractivity contribution in [1.29, 1.82) is 0 Å². The third-order valence-electron chi connectivity index (χ3n) is 4.60. The van der Waals surface area contributed by atoms with Crippen molar-refractivity contribution in [2.24, 2.45) is 11.8 Å². The number of ether oxygens (including phenoxy) is 1. The molecule has 1 N–H and O–H groups in total. The number of esters is 1. The molecule has 1 aromatic carbocycles. The summed E-state index contributed by atoms with van der Waals surface area (Å²) in [6.45, 7) is 5.82. The Morgan fingerprint density at radius 2 is 1.88 bits per heavy atom. The van der Waals surface area contributed by atoms with E-state index in [0.717, 1.165) is 31.5 Å². The molecular weight excluding hydrogens is 306 g/mol. The highest BCUT2D eigenvalue weighted by Gasteiger charge is 2.27. The molecule has 1 atom stereocenters. The summed E-state index contributed by atoms with van der Waals surface area (Å²) in [6.07, 6.45) is 2.66. The molecule has 1 aromatic rings. The van der Waals surface area contributed by atoms with Gasteiger partial charge in [-0.25, -0.2) is 0 Å². The molecule has 0 spiro atoms. The number of hydrogen-bond acceptors (Lipinski definition) is 4. The molecule has 5 nitrogen and oxygen atoms in total. The van der Waals surface area contributed by atoms with Gasteiger partial charge in [0.05, 0.1) is 12.5 Å². The van der Waals surface area contributed by atoms with E-state index in [2.05, 4.69) is 6.92 Å². The van der Waals surface area contributed by atoms with Crippen molar-refractivity contribution in [3.05, 3.63) is 29.8 Å². The van der Waals surface area contributed by atoms with E-state index in [1.807, 2.05) is 4.90 Å². The second-order valence-electron chi connectivity index (χ2n) is 6.59. The molecule has 0 aliphatic carbocycles. The molecule has 132 valence electrons. The fourth-order valence-corrected chi connectivity index (χ4v) is 3.01. The van der Waals surface area contributed by atoms with Crippen LogP contribution >= 0.6 is 0 Å². The Balaban J connectivity index is 2.01. The SMILES string of the molecule is CCOC(=O)C(CC(=O)N1CCC(C)CC1)Cc1ccc(O)cc1. The fourth-order valence-electron chi connectivity index (χ4n) is 3.01. The molecule has 1 unspecified atom stereocenters. The minimum atomic E-state index is -0.485. The summed E-state index contributed by atoms with van der Waals surface area (Å²) in [4.78, 5) is 26.7. The standard InChI is InChI=1S/C19H27NO4/c1-3-24-19(23)16(12-15-4-6-17(21)7-5-15)13-18(22)20-10-8-14(2)9-11-20/h4-7,14,16,21H,3,8-13H2,1-2H3. The lowest BCUT2D eigenvalue weighted by Gasteiger charge is -2.31. The molecule has 1 heterocycles. The highest BCUT2D eigenvalue weighted by molar-refractivity contribution is 5.83. The number of piperidine rings is 1. The monoisotopic (exact) mass is 333 g/mol. The number of likely N-dealkylation sites (tertiary alicyclic amines) is 1. The molecular formula is C19H27NO4. The van der Waals surface area contributed by atoms with Crippen molar-refractivity contribution in [1.82, 2.24) is 4.90 Å². The number of hydrogen-bond donors (Lipinski definition) is 1. The van der Waals surface area contributed by atoms with Gasteiger partial charge in [0.25, 0.3) is 0 Å². The van der Waals surface area contributed by atoms with Gasteiger partial charge in [-0.05, 0) is 49.8 Å². The van der Waals surface area contributed by atoms with Crippen LogP contribution in [0.25, 0.3) is 0 Å². The van der Waals surface area contributed by atoms with Gasteiger partial charge in [-0.3, -0.25) is 9.59 Å². The van der Waals surface area contributed by atoms with Crippen LogP contribution in [0.2, 0.25) is 0 Å². The highest BCUT2D eigenvalue weighted by Crippen LogP contribution is 2.21. The number of phenols is 1. The van der Waals surface area contributed by atoms with Gasteiger partial charge in [0.15, 0.2) is 0 Å². The van der Waals surface area contributed by atoms with E-state index >= 15 is 0 Å². The summed E-state index contributed by atoms with van der Waals surface area (Å²) in [5, 5.41) is 9.37. The second kappa shape index (κ2) is 8.71. The largest absolute Gasteiger partial charge is 0.508 e. The molecule has 5 heteroatoms. The van der Waals surface area contributed by atoms with Gasteiger partial charge in [-0.2, -0.15) is 0 Å². The second-order valence-corrected chi connectivity index (χ2v) is 6.59. The summed E-state index contributed by atoms with van der Waals surface area (Å²) in [5.74, 6) is 0.0567. The van der Waals surface area contributed by atoms with E-state index < -0.39 is 5.92 Å². The lowest BCUT2D eigenvalue weighted by molar-refractivity contribution is -0.151. The van der Waals surface area contributed by atoms with Gasteiger partial charge in [-0.1, -0.05) is 19.1 Å². The normalized spacial score (nSPS) is 16.7. The predicted octanol–water partition coefficient (Wildman–Crippen LogP) is 2.76. The van der Waals surface area contributed by atoms with E-state index in [-0.39, 0.29) is 24.0 Å². The van der Waals surface area contributed by atoms with Crippen LogP contribution < -0.4 is 0 Å². The van der Waals surface area contributed by atoms with Crippen molar-refractivity contribution < 1.29 is 19.4 Å². The van der Waals surface area contributed by atoms with E-state index in [1.54, 1.807) is 31.2 Å². The van der Waals surface area contributed by atoms with Gasteiger partial charge in [0.2, 0.25) is 5.91 Å². The minimum Gasteiger partial charge on any atom is -0.508 e. The molecule has 1 aliphatic heterocycles. The molecule has 1 aliphatic rings. The number of aromatic hydroxyl groups is 1. The van der Waals surface area contributed by atoms with Gasteiger partial charge in [0.1, 0.15) is 5.75 Å². The fraction of sp³-hybridized carbons (Fsp3) is 0.579. The van der Waals surface area contributed by atoms with Crippen molar-refractivity contribution in [2.75, 3.05) is 19.7 Å². The third kappa shape index (κ3) is 5.25. The first-order valence-corrected chi connectivity index (χ1v) is 8.72. The van der Waals surface area contributed by atoms with E-state index in [4.69, 9.17) is 4.74 Å². The predicted molar refractivity (Wildman–Crippen MR) is 91.5 cm³/mol.